The summed E-state index contributed by atoms with van der Waals surface area (Å²) >= 11 is 0. The second-order valence-electron chi connectivity index (χ2n) is 5.61. The molecular weight excluding hydrogens is 335 g/mol. The maximum absolute atomic E-state index is 13.4. The number of rotatable bonds is 5. The fraction of sp³-hybridized carbons (Fsp3) is 0.278. The van der Waals surface area contributed by atoms with Gasteiger partial charge in [-0.25, -0.2) is 0 Å². The molecular formula is C18H16F3NO3. The summed E-state index contributed by atoms with van der Waals surface area (Å²) in [6.07, 6.45) is -6.13. The number of methoxy groups -OCH3 is 1. The number of nitrogens with zero attached hydrogens (tertiary/aromatic N) is 1. The first-order valence-electron chi connectivity index (χ1n) is 7.61. The maximum atomic E-state index is 13.4. The molecule has 1 aliphatic rings. The number of amides is 1. The van der Waals surface area contributed by atoms with Gasteiger partial charge in [0, 0.05) is 5.69 Å². The number of anilines is 1. The van der Waals surface area contributed by atoms with E-state index in [1.165, 1.54) is 31.4 Å². The highest BCUT2D eigenvalue weighted by Gasteiger charge is 2.62. The molecule has 7 heteroatoms. The Hall–Kier alpha value is -2.54. The van der Waals surface area contributed by atoms with E-state index in [0.717, 1.165) is 4.90 Å². The lowest BCUT2D eigenvalue weighted by molar-refractivity contribution is -0.202. The Morgan fingerprint density at radius 3 is 2.24 bits per heavy atom. The molecule has 2 aromatic carbocycles. The standard InChI is InChI=1S/C18H16F3NO3/c1-24-14-9-7-13(8-10-14)22-16(18(19,20)21)15(17(22)23)25-11-12-5-3-2-4-6-12/h2-10,15-16H,11H2,1H3/t15-,16-/m0/s1. The summed E-state index contributed by atoms with van der Waals surface area (Å²) in [5, 5.41) is 0. The first kappa shape index (κ1) is 17.3. The molecule has 132 valence electrons. The molecule has 0 aromatic heterocycles. The van der Waals surface area contributed by atoms with Crippen LogP contribution in [0.4, 0.5) is 18.9 Å². The summed E-state index contributed by atoms with van der Waals surface area (Å²) in [7, 11) is 1.45. The molecule has 0 radical (unpaired) electrons. The number of hydrogen-bond donors (Lipinski definition) is 0. The lowest BCUT2D eigenvalue weighted by Crippen LogP contribution is -2.71. The van der Waals surface area contributed by atoms with Crippen LogP contribution in [0, 0.1) is 0 Å². The number of hydrogen-bond acceptors (Lipinski definition) is 3. The first-order valence-corrected chi connectivity index (χ1v) is 7.61. The highest BCUT2D eigenvalue weighted by Crippen LogP contribution is 2.40. The van der Waals surface area contributed by atoms with Crippen molar-refractivity contribution in [2.45, 2.75) is 24.9 Å². The van der Waals surface area contributed by atoms with Crippen LogP contribution in [0.5, 0.6) is 5.75 Å². The highest BCUT2D eigenvalue weighted by atomic mass is 19.4. The number of alkyl halides is 3. The molecule has 2 aromatic rings. The molecule has 1 heterocycles. The van der Waals surface area contributed by atoms with Gasteiger partial charge in [0.2, 0.25) is 0 Å². The molecule has 0 spiro atoms. The molecule has 0 aliphatic carbocycles. The van der Waals surface area contributed by atoms with Gasteiger partial charge >= 0.3 is 6.18 Å². The van der Waals surface area contributed by atoms with Gasteiger partial charge in [-0.3, -0.25) is 9.69 Å². The Balaban J connectivity index is 1.77. The van der Waals surface area contributed by atoms with Crippen molar-refractivity contribution >= 4 is 11.6 Å². The molecule has 1 saturated heterocycles. The minimum absolute atomic E-state index is 0.0553. The zero-order chi connectivity index (χ0) is 18.0. The normalized spacial score (nSPS) is 20.3. The van der Waals surface area contributed by atoms with Crippen LogP contribution in [0.2, 0.25) is 0 Å². The predicted octanol–water partition coefficient (Wildman–Crippen LogP) is 3.56. The van der Waals surface area contributed by atoms with Crippen LogP contribution in [-0.2, 0) is 16.1 Å². The second kappa shape index (κ2) is 6.76. The Labute approximate surface area is 142 Å². The molecule has 1 aliphatic heterocycles. The SMILES string of the molecule is COc1ccc(N2C(=O)[C@@H](OCc3ccccc3)[C@H]2C(F)(F)F)cc1. The van der Waals surface area contributed by atoms with E-state index < -0.39 is 24.2 Å². The van der Waals surface area contributed by atoms with E-state index in [4.69, 9.17) is 9.47 Å². The van der Waals surface area contributed by atoms with Crippen molar-refractivity contribution in [3.05, 3.63) is 60.2 Å². The third kappa shape index (κ3) is 3.46. The van der Waals surface area contributed by atoms with E-state index >= 15 is 0 Å². The van der Waals surface area contributed by atoms with Gasteiger partial charge in [0.25, 0.3) is 5.91 Å². The lowest BCUT2D eigenvalue weighted by atomic mass is 9.95. The van der Waals surface area contributed by atoms with Gasteiger partial charge in [0.15, 0.2) is 12.1 Å². The van der Waals surface area contributed by atoms with Gasteiger partial charge in [-0.1, -0.05) is 30.3 Å². The summed E-state index contributed by atoms with van der Waals surface area (Å²) in [4.78, 5) is 13.0. The van der Waals surface area contributed by atoms with Crippen LogP contribution in [0.15, 0.2) is 54.6 Å². The van der Waals surface area contributed by atoms with E-state index in [9.17, 15) is 18.0 Å². The van der Waals surface area contributed by atoms with Crippen LogP contribution in [-0.4, -0.2) is 31.3 Å². The number of halogens is 3. The number of β-lactam (4-membered cyclic amide) rings is 1. The van der Waals surface area contributed by atoms with Crippen molar-refractivity contribution in [2.75, 3.05) is 12.0 Å². The minimum Gasteiger partial charge on any atom is -0.497 e. The van der Waals surface area contributed by atoms with Crippen LogP contribution in [0.3, 0.4) is 0 Å². The topological polar surface area (TPSA) is 38.8 Å². The average molecular weight is 351 g/mol. The van der Waals surface area contributed by atoms with E-state index in [1.807, 2.05) is 0 Å². The fourth-order valence-corrected chi connectivity index (χ4v) is 2.73. The molecule has 0 unspecified atom stereocenters. The van der Waals surface area contributed by atoms with Crippen molar-refractivity contribution in [1.82, 2.24) is 0 Å². The molecule has 1 fully saturated rings. The van der Waals surface area contributed by atoms with Gasteiger partial charge in [0.05, 0.1) is 13.7 Å². The summed E-state index contributed by atoms with van der Waals surface area (Å²) in [5.74, 6) is -0.208. The second-order valence-corrected chi connectivity index (χ2v) is 5.61. The lowest BCUT2D eigenvalue weighted by Gasteiger charge is -2.46. The predicted molar refractivity (Wildman–Crippen MR) is 85.3 cm³/mol. The van der Waals surface area contributed by atoms with Crippen molar-refractivity contribution in [3.63, 3.8) is 0 Å². The summed E-state index contributed by atoms with van der Waals surface area (Å²) in [5.41, 5.74) is 0.867. The van der Waals surface area contributed by atoms with E-state index in [2.05, 4.69) is 0 Å². The molecule has 0 N–H and O–H groups in total. The van der Waals surface area contributed by atoms with E-state index in [-0.39, 0.29) is 12.3 Å². The van der Waals surface area contributed by atoms with Gasteiger partial charge in [-0.15, -0.1) is 0 Å². The molecule has 1 amide bonds. The smallest absolute Gasteiger partial charge is 0.412 e. The quantitative estimate of drug-likeness (QED) is 0.773. The molecule has 0 bridgehead atoms. The van der Waals surface area contributed by atoms with E-state index in [0.29, 0.717) is 11.3 Å². The Morgan fingerprint density at radius 1 is 1.04 bits per heavy atom. The molecule has 3 rings (SSSR count). The molecule has 2 atom stereocenters. The molecule has 4 nitrogen and oxygen atoms in total. The van der Waals surface area contributed by atoms with Crippen LogP contribution >= 0.6 is 0 Å². The monoisotopic (exact) mass is 351 g/mol. The largest absolute Gasteiger partial charge is 0.497 e. The van der Waals surface area contributed by atoms with Gasteiger partial charge in [0.1, 0.15) is 5.75 Å². The summed E-state index contributed by atoms with van der Waals surface area (Å²) in [6.45, 7) is -0.0553. The highest BCUT2D eigenvalue weighted by molar-refractivity contribution is 6.05. The minimum atomic E-state index is -4.59. The zero-order valence-corrected chi connectivity index (χ0v) is 13.4. The van der Waals surface area contributed by atoms with Gasteiger partial charge in [-0.2, -0.15) is 13.2 Å². The van der Waals surface area contributed by atoms with E-state index in [1.54, 1.807) is 30.3 Å². The molecule has 0 saturated carbocycles. The number of carbonyl (C=O) groups excluding carboxylic acids is 1. The zero-order valence-electron chi connectivity index (χ0n) is 13.4. The Kier molecular flexibility index (Phi) is 4.67. The number of ether oxygens (including phenoxy) is 2. The maximum Gasteiger partial charge on any atom is 0.412 e. The molecule has 25 heavy (non-hydrogen) atoms. The number of benzene rings is 2. The third-order valence-corrected chi connectivity index (χ3v) is 4.00. The first-order chi connectivity index (χ1) is 11.9. The van der Waals surface area contributed by atoms with Gasteiger partial charge in [-0.05, 0) is 29.8 Å². The van der Waals surface area contributed by atoms with Crippen LogP contribution in [0.1, 0.15) is 5.56 Å². The summed E-state index contributed by atoms with van der Waals surface area (Å²) < 4.78 is 50.6. The van der Waals surface area contributed by atoms with Crippen molar-refractivity contribution in [1.29, 1.82) is 0 Å². The fourth-order valence-electron chi connectivity index (χ4n) is 2.73. The van der Waals surface area contributed by atoms with Crippen molar-refractivity contribution in [3.8, 4) is 5.75 Å². The van der Waals surface area contributed by atoms with Gasteiger partial charge < -0.3 is 9.47 Å². The van der Waals surface area contributed by atoms with Crippen molar-refractivity contribution < 1.29 is 27.4 Å². The number of carbonyl (C=O) groups is 1. The Morgan fingerprint density at radius 2 is 1.68 bits per heavy atom. The van der Waals surface area contributed by atoms with Crippen molar-refractivity contribution in [2.24, 2.45) is 0 Å². The van der Waals surface area contributed by atoms with Crippen LogP contribution in [0.25, 0.3) is 0 Å². The average Bonchev–Trinajstić information content (AvgIpc) is 2.60. The Bertz CT molecular complexity index is 731. The third-order valence-electron chi connectivity index (χ3n) is 4.00. The summed E-state index contributed by atoms with van der Waals surface area (Å²) in [6, 6.07) is 12.6. The van der Waals surface area contributed by atoms with Crippen LogP contribution < -0.4 is 9.64 Å².